The molecule has 1 aromatic carbocycles. The first kappa shape index (κ1) is 12.2. The smallest absolute Gasteiger partial charge is 0.303 e. The molecule has 18 heavy (non-hydrogen) atoms. The third-order valence-electron chi connectivity index (χ3n) is 2.60. The second kappa shape index (κ2) is 4.91. The molecular weight excluding hydrogens is 234 g/mol. The van der Waals surface area contributed by atoms with Gasteiger partial charge in [0, 0.05) is 35.7 Å². The lowest BCUT2D eigenvalue weighted by molar-refractivity contribution is -0.139. The number of hydrogen-bond donors (Lipinski definition) is 1. The van der Waals surface area contributed by atoms with Crippen LogP contribution in [0.3, 0.4) is 0 Å². The molecule has 5 heteroatoms. The maximum atomic E-state index is 11.9. The Bertz CT molecular complexity index is 600. The van der Waals surface area contributed by atoms with E-state index in [-0.39, 0.29) is 12.4 Å². The van der Waals surface area contributed by atoms with E-state index in [4.69, 9.17) is 9.47 Å². The third kappa shape index (κ3) is 2.34. The van der Waals surface area contributed by atoms with Crippen LogP contribution < -0.4 is 4.74 Å². The van der Waals surface area contributed by atoms with E-state index < -0.39 is 5.97 Å². The molecule has 0 aliphatic rings. The highest BCUT2D eigenvalue weighted by atomic mass is 16.5. The van der Waals surface area contributed by atoms with E-state index in [0.717, 1.165) is 10.9 Å². The molecule has 0 atom stereocenters. The van der Waals surface area contributed by atoms with Crippen LogP contribution in [0.5, 0.6) is 5.75 Å². The van der Waals surface area contributed by atoms with Crippen LogP contribution in [0.25, 0.3) is 10.9 Å². The van der Waals surface area contributed by atoms with Crippen molar-refractivity contribution in [3.8, 4) is 5.75 Å². The van der Waals surface area contributed by atoms with Gasteiger partial charge in [0.2, 0.25) is 5.78 Å². The summed E-state index contributed by atoms with van der Waals surface area (Å²) in [6.45, 7) is 1.03. The van der Waals surface area contributed by atoms with Crippen LogP contribution in [-0.4, -0.2) is 30.5 Å². The molecule has 0 saturated heterocycles. The van der Waals surface area contributed by atoms with Crippen molar-refractivity contribution in [1.29, 1.82) is 0 Å². The van der Waals surface area contributed by atoms with E-state index in [0.29, 0.717) is 11.3 Å². The molecule has 0 aliphatic heterocycles. The number of benzene rings is 1. The Hall–Kier alpha value is -2.30. The molecule has 0 bridgehead atoms. The summed E-state index contributed by atoms with van der Waals surface area (Å²) in [6, 6.07) is 5.38. The Morgan fingerprint density at radius 1 is 1.33 bits per heavy atom. The SMILES string of the molecule is COc1ccc2c(C(=O)COC(C)=O)c[nH]c2c1. The molecule has 94 valence electrons. The number of fused-ring (bicyclic) bond motifs is 1. The average molecular weight is 247 g/mol. The second-order valence-corrected chi connectivity index (χ2v) is 3.82. The maximum Gasteiger partial charge on any atom is 0.303 e. The van der Waals surface area contributed by atoms with Gasteiger partial charge in [0.1, 0.15) is 5.75 Å². The highest BCUT2D eigenvalue weighted by Crippen LogP contribution is 2.23. The standard InChI is InChI=1S/C13H13NO4/c1-8(15)18-7-13(16)11-6-14-12-5-9(17-2)3-4-10(11)12/h3-6,14H,7H2,1-2H3. The summed E-state index contributed by atoms with van der Waals surface area (Å²) in [7, 11) is 1.58. The van der Waals surface area contributed by atoms with Crippen molar-refractivity contribution in [3.05, 3.63) is 30.0 Å². The van der Waals surface area contributed by atoms with Crippen LogP contribution in [0.1, 0.15) is 17.3 Å². The van der Waals surface area contributed by atoms with Crippen LogP contribution in [0.4, 0.5) is 0 Å². The first-order valence-corrected chi connectivity index (χ1v) is 5.43. The van der Waals surface area contributed by atoms with E-state index in [2.05, 4.69) is 4.98 Å². The number of Topliss-reactive ketones (excluding diaryl/α,β-unsaturated/α-hetero) is 1. The summed E-state index contributed by atoms with van der Waals surface area (Å²) in [5.41, 5.74) is 1.31. The van der Waals surface area contributed by atoms with Crippen molar-refractivity contribution in [2.24, 2.45) is 0 Å². The van der Waals surface area contributed by atoms with Gasteiger partial charge in [-0.1, -0.05) is 0 Å². The van der Waals surface area contributed by atoms with Crippen LogP contribution in [0.15, 0.2) is 24.4 Å². The van der Waals surface area contributed by atoms with Gasteiger partial charge >= 0.3 is 5.97 Å². The topological polar surface area (TPSA) is 68.4 Å². The van der Waals surface area contributed by atoms with Gasteiger partial charge in [-0.05, 0) is 12.1 Å². The van der Waals surface area contributed by atoms with Gasteiger partial charge in [-0.25, -0.2) is 0 Å². The van der Waals surface area contributed by atoms with Crippen molar-refractivity contribution in [2.45, 2.75) is 6.92 Å². The Morgan fingerprint density at radius 3 is 2.78 bits per heavy atom. The molecule has 0 aliphatic carbocycles. The van der Waals surface area contributed by atoms with Crippen molar-refractivity contribution < 1.29 is 19.1 Å². The Balaban J connectivity index is 2.29. The average Bonchev–Trinajstić information content (AvgIpc) is 2.78. The molecule has 1 N–H and O–H groups in total. The highest BCUT2D eigenvalue weighted by Gasteiger charge is 2.13. The zero-order chi connectivity index (χ0) is 13.1. The fraction of sp³-hybridized carbons (Fsp3) is 0.231. The van der Waals surface area contributed by atoms with Crippen LogP contribution >= 0.6 is 0 Å². The third-order valence-corrected chi connectivity index (χ3v) is 2.60. The zero-order valence-corrected chi connectivity index (χ0v) is 10.1. The number of carbonyl (C=O) groups excluding carboxylic acids is 2. The monoisotopic (exact) mass is 247 g/mol. The molecule has 1 heterocycles. The zero-order valence-electron chi connectivity index (χ0n) is 10.1. The van der Waals surface area contributed by atoms with Crippen molar-refractivity contribution >= 4 is 22.7 Å². The van der Waals surface area contributed by atoms with Crippen molar-refractivity contribution in [3.63, 3.8) is 0 Å². The number of aromatic nitrogens is 1. The summed E-state index contributed by atoms with van der Waals surface area (Å²) < 4.78 is 9.79. The largest absolute Gasteiger partial charge is 0.497 e. The fourth-order valence-corrected chi connectivity index (χ4v) is 1.71. The molecule has 0 radical (unpaired) electrons. The molecule has 1 aromatic heterocycles. The molecule has 0 fully saturated rings. The number of rotatable bonds is 4. The lowest BCUT2D eigenvalue weighted by Gasteiger charge is -2.01. The predicted molar refractivity (Wildman–Crippen MR) is 65.8 cm³/mol. The first-order chi connectivity index (χ1) is 8.61. The lowest BCUT2D eigenvalue weighted by atomic mass is 10.1. The number of carbonyl (C=O) groups is 2. The minimum absolute atomic E-state index is 0.235. The van der Waals surface area contributed by atoms with Gasteiger partial charge < -0.3 is 14.5 Å². The number of aromatic amines is 1. The van der Waals surface area contributed by atoms with Gasteiger partial charge in [-0.2, -0.15) is 0 Å². The molecular formula is C13H13NO4. The number of nitrogens with one attached hydrogen (secondary N) is 1. The summed E-state index contributed by atoms with van der Waals surface area (Å²) in [5.74, 6) is 0.00909. The number of ether oxygens (including phenoxy) is 2. The predicted octanol–water partition coefficient (Wildman–Crippen LogP) is 1.92. The quantitative estimate of drug-likeness (QED) is 0.662. The Labute approximate surface area is 104 Å². The van der Waals surface area contributed by atoms with Crippen LogP contribution in [-0.2, 0) is 9.53 Å². The number of esters is 1. The van der Waals surface area contributed by atoms with Gasteiger partial charge in [-0.3, -0.25) is 9.59 Å². The van der Waals surface area contributed by atoms with E-state index in [1.165, 1.54) is 6.92 Å². The van der Waals surface area contributed by atoms with E-state index >= 15 is 0 Å². The number of methoxy groups -OCH3 is 1. The fourth-order valence-electron chi connectivity index (χ4n) is 1.71. The molecule has 0 unspecified atom stereocenters. The minimum Gasteiger partial charge on any atom is -0.497 e. The van der Waals surface area contributed by atoms with E-state index in [1.54, 1.807) is 31.5 Å². The molecule has 2 rings (SSSR count). The normalized spacial score (nSPS) is 10.3. The summed E-state index contributed by atoms with van der Waals surface area (Å²) in [6.07, 6.45) is 1.61. The number of ketones is 1. The molecule has 0 saturated carbocycles. The van der Waals surface area contributed by atoms with Crippen LogP contribution in [0, 0.1) is 0 Å². The number of H-pyrrole nitrogens is 1. The molecule has 0 amide bonds. The van der Waals surface area contributed by atoms with Gasteiger partial charge in [-0.15, -0.1) is 0 Å². The van der Waals surface area contributed by atoms with E-state index in [9.17, 15) is 9.59 Å². The van der Waals surface area contributed by atoms with E-state index in [1.807, 2.05) is 0 Å². The minimum atomic E-state index is -0.468. The first-order valence-electron chi connectivity index (χ1n) is 5.43. The maximum absolute atomic E-state index is 11.9. The molecule has 2 aromatic rings. The Kier molecular flexibility index (Phi) is 3.32. The Morgan fingerprint density at radius 2 is 2.11 bits per heavy atom. The lowest BCUT2D eigenvalue weighted by Crippen LogP contribution is -2.11. The highest BCUT2D eigenvalue weighted by molar-refractivity contribution is 6.09. The summed E-state index contributed by atoms with van der Waals surface area (Å²) in [5, 5.41) is 0.785. The van der Waals surface area contributed by atoms with Crippen molar-refractivity contribution in [2.75, 3.05) is 13.7 Å². The van der Waals surface area contributed by atoms with Crippen molar-refractivity contribution in [1.82, 2.24) is 4.98 Å². The molecule has 0 spiro atoms. The van der Waals surface area contributed by atoms with Gasteiger partial charge in [0.15, 0.2) is 6.61 Å². The molecule has 5 nitrogen and oxygen atoms in total. The number of hydrogen-bond acceptors (Lipinski definition) is 4. The summed E-state index contributed by atoms with van der Waals surface area (Å²) >= 11 is 0. The summed E-state index contributed by atoms with van der Waals surface area (Å²) in [4.78, 5) is 25.5. The van der Waals surface area contributed by atoms with Crippen LogP contribution in [0.2, 0.25) is 0 Å². The van der Waals surface area contributed by atoms with Gasteiger partial charge in [0.05, 0.1) is 7.11 Å². The van der Waals surface area contributed by atoms with Gasteiger partial charge in [0.25, 0.3) is 0 Å². The second-order valence-electron chi connectivity index (χ2n) is 3.82.